The van der Waals surface area contributed by atoms with Crippen molar-refractivity contribution in [2.24, 2.45) is 0 Å². The Morgan fingerprint density at radius 1 is 0.703 bits per heavy atom. The van der Waals surface area contributed by atoms with Crippen LogP contribution in [0.4, 0.5) is 37.4 Å². The predicted octanol–water partition coefficient (Wildman–Crippen LogP) is -0.907. The van der Waals surface area contributed by atoms with Gasteiger partial charge >= 0.3 is 133 Å². The van der Waals surface area contributed by atoms with Crippen molar-refractivity contribution < 1.29 is 167 Å². The van der Waals surface area contributed by atoms with E-state index in [0.717, 1.165) is 50.8 Å². The van der Waals surface area contributed by atoms with Gasteiger partial charge in [0.2, 0.25) is 0 Å². The summed E-state index contributed by atoms with van der Waals surface area (Å²) in [5.41, 5.74) is -0.133. The molecule has 0 unspecified atom stereocenters. The van der Waals surface area contributed by atoms with Crippen molar-refractivity contribution in [1.29, 1.82) is 0 Å². The normalized spacial score (nSPS) is 14.2. The van der Waals surface area contributed by atoms with Gasteiger partial charge in [0.05, 0.1) is 11.4 Å². The van der Waals surface area contributed by atoms with Gasteiger partial charge in [0.1, 0.15) is 16.8 Å². The van der Waals surface area contributed by atoms with Crippen LogP contribution in [0.2, 0.25) is 0 Å². The molecule has 352 valence electrons. The van der Waals surface area contributed by atoms with Crippen LogP contribution in [0, 0.1) is 20.2 Å². The van der Waals surface area contributed by atoms with Gasteiger partial charge in [-0.3, -0.25) is 4.79 Å². The molecular weight excluding hydrogens is 922 g/mol. The van der Waals surface area contributed by atoms with Crippen LogP contribution < -0.4 is 123 Å². The summed E-state index contributed by atoms with van der Waals surface area (Å²) in [6.45, 7) is 23.4. The van der Waals surface area contributed by atoms with E-state index in [9.17, 15) is 34.6 Å². The number of nitrogens with zero attached hydrogens (tertiary/aromatic N) is 7. The van der Waals surface area contributed by atoms with Crippen molar-refractivity contribution in [3.05, 3.63) is 56.9 Å². The van der Waals surface area contributed by atoms with Crippen molar-refractivity contribution >= 4 is 60.3 Å². The third-order valence-electron chi connectivity index (χ3n) is 7.43. The Kier molecular flexibility index (Phi) is 35.0. The number of halogens is 1. The number of pyridine rings is 2. The first-order valence-electron chi connectivity index (χ1n) is 19.3. The summed E-state index contributed by atoms with van der Waals surface area (Å²) in [6.07, 6.45) is 3.17. The maximum absolute atomic E-state index is 12.0. The minimum atomic E-state index is -1.06. The molecule has 2 aromatic heterocycles. The van der Waals surface area contributed by atoms with E-state index in [-0.39, 0.29) is 141 Å². The third kappa shape index (κ3) is 31.5. The first-order valence-corrected chi connectivity index (χ1v) is 19.3. The summed E-state index contributed by atoms with van der Waals surface area (Å²) >= 11 is 0. The molecule has 1 amide bonds. The van der Waals surface area contributed by atoms with Crippen molar-refractivity contribution in [3.63, 3.8) is 0 Å². The molecule has 0 radical (unpaired) electrons. The number of nitro groups is 2. The monoisotopic (exact) mass is 982 g/mol. The van der Waals surface area contributed by atoms with E-state index in [0.29, 0.717) is 26.2 Å². The van der Waals surface area contributed by atoms with Gasteiger partial charge < -0.3 is 75.5 Å². The number of carbonyl (C=O) groups excluding carboxylic acids is 4. The fourth-order valence-corrected chi connectivity index (χ4v) is 4.86. The van der Waals surface area contributed by atoms with Crippen LogP contribution >= 0.6 is 12.4 Å². The first kappa shape index (κ1) is 65.9. The fourth-order valence-electron chi connectivity index (χ4n) is 4.86. The number of amides is 1. The maximum Gasteiger partial charge on any atom is 1.00 e. The van der Waals surface area contributed by atoms with Crippen LogP contribution in [0.5, 0.6) is 0 Å². The molecule has 1 N–H and O–H groups in total. The van der Waals surface area contributed by atoms with Gasteiger partial charge in [-0.05, 0) is 107 Å². The van der Waals surface area contributed by atoms with Crippen LogP contribution in [0.1, 0.15) is 76.6 Å². The largest absolute Gasteiger partial charge is 1.00 e. The predicted molar refractivity (Wildman–Crippen MR) is 226 cm³/mol. The molecule has 3 fully saturated rings. The quantitative estimate of drug-likeness (QED) is 0.0555. The van der Waals surface area contributed by atoms with E-state index in [1.807, 2.05) is 25.7 Å². The van der Waals surface area contributed by atoms with E-state index in [2.05, 4.69) is 29.8 Å². The SMILES string of the molecule is C1CCOC1.CC(C)(C)OC(=O)N1CCN(c2ccc([N+](=O)[O-])nc2)CC1.CC(C)(C)OC(=O)OC(=O)OC(C)(C)C.Cl.O=CO[O-].O=[N+]([O-])c1ccc(N2CCNCC2)cn1.[H-].[K+].[K+]. The number of anilines is 2. The van der Waals surface area contributed by atoms with Gasteiger partial charge in [0.15, 0.2) is 12.4 Å². The molecule has 5 heterocycles. The zero-order chi connectivity index (χ0) is 46.2. The average Bonchev–Trinajstić information content (AvgIpc) is 3.78. The smallest absolute Gasteiger partial charge is 1.00 e. The molecule has 0 spiro atoms. The van der Waals surface area contributed by atoms with E-state index >= 15 is 0 Å². The third-order valence-corrected chi connectivity index (χ3v) is 7.43. The van der Waals surface area contributed by atoms with Crippen molar-refractivity contribution in [3.8, 4) is 0 Å². The Morgan fingerprint density at radius 3 is 1.36 bits per heavy atom. The van der Waals surface area contributed by atoms with Crippen molar-refractivity contribution in [1.82, 2.24) is 20.2 Å². The second-order valence-electron chi connectivity index (χ2n) is 16.0. The topological polar surface area (TPSA) is 281 Å². The summed E-state index contributed by atoms with van der Waals surface area (Å²) < 4.78 is 24.1. The number of rotatable bonds is 5. The van der Waals surface area contributed by atoms with Crippen LogP contribution in [0.25, 0.3) is 0 Å². The number of hydrogen-bond donors (Lipinski definition) is 1. The van der Waals surface area contributed by atoms with Crippen molar-refractivity contribution in [2.45, 2.75) is 92.0 Å². The summed E-state index contributed by atoms with van der Waals surface area (Å²) in [4.78, 5) is 78.7. The Balaban J connectivity index is -0.000000387. The molecule has 23 nitrogen and oxygen atoms in total. The molecule has 0 saturated carbocycles. The van der Waals surface area contributed by atoms with Gasteiger partial charge in [0.25, 0.3) is 6.47 Å². The molecular formula is C38H61ClK2N8O15. The number of carbonyl (C=O) groups is 4. The van der Waals surface area contributed by atoms with Gasteiger partial charge in [0, 0.05) is 77.7 Å². The Labute approximate surface area is 466 Å². The second kappa shape index (κ2) is 34.0. The Morgan fingerprint density at radius 2 is 1.08 bits per heavy atom. The Bertz CT molecular complexity index is 1640. The van der Waals surface area contributed by atoms with Crippen LogP contribution in [0.15, 0.2) is 36.7 Å². The standard InChI is InChI=1S/C14H20N4O4.C10H18O5.C9H12N4O2.C4H8O.CH2O3.ClH.2K.H/c1-14(2,3)22-13(19)17-8-6-16(7-9-17)11-4-5-12(15-10-11)18(20)21;1-9(2,3)14-7(11)13-8(12)15-10(4,5)6;14-13(15)9-2-1-8(7-11-9)12-5-3-10-4-6-12;1-2-4-5-3-1;2-1-4-3;;;;/h4-5,10H,6-9H2,1-3H3;1-6H3;1-2,7,10H,3-6H2;1-4H2;1,3H;1H;;;/q;;;;;;2*+1;-1/p-1. The molecule has 3 aliphatic heterocycles. The fraction of sp³-hybridized carbons (Fsp3) is 0.632. The number of ether oxygens (including phenoxy) is 5. The summed E-state index contributed by atoms with van der Waals surface area (Å²) in [5, 5.41) is 32.7. The zero-order valence-corrected chi connectivity index (χ0v) is 45.8. The van der Waals surface area contributed by atoms with Gasteiger partial charge in [-0.1, -0.05) is 0 Å². The maximum atomic E-state index is 12.0. The molecule has 26 heteroatoms. The number of aromatic nitrogens is 2. The van der Waals surface area contributed by atoms with Gasteiger partial charge in [-0.25, -0.2) is 14.4 Å². The summed E-state index contributed by atoms with van der Waals surface area (Å²) in [7, 11) is 0. The molecule has 3 saturated heterocycles. The van der Waals surface area contributed by atoms with Crippen LogP contribution in [-0.4, -0.2) is 132 Å². The number of nitrogens with one attached hydrogen (secondary N) is 1. The summed E-state index contributed by atoms with van der Waals surface area (Å²) in [5.74, 6) is -0.273. The summed E-state index contributed by atoms with van der Waals surface area (Å²) in [6, 6.07) is 6.25. The van der Waals surface area contributed by atoms with Gasteiger partial charge in [-0.2, -0.15) is 0 Å². The Hall–Kier alpha value is -2.38. The van der Waals surface area contributed by atoms with Crippen molar-refractivity contribution in [2.75, 3.05) is 75.4 Å². The minimum Gasteiger partial charge on any atom is -1.00 e. The molecule has 0 bridgehead atoms. The molecule has 3 aliphatic rings. The molecule has 5 rings (SSSR count). The second-order valence-corrected chi connectivity index (χ2v) is 16.0. The molecule has 0 aromatic carbocycles. The van der Waals surface area contributed by atoms with E-state index in [1.54, 1.807) is 64.8 Å². The van der Waals surface area contributed by atoms with E-state index in [1.165, 1.54) is 31.2 Å². The first-order chi connectivity index (χ1) is 28.4. The van der Waals surface area contributed by atoms with Crippen LogP contribution in [0.3, 0.4) is 0 Å². The molecule has 64 heavy (non-hydrogen) atoms. The average molecular weight is 984 g/mol. The van der Waals surface area contributed by atoms with E-state index in [4.69, 9.17) is 29.0 Å². The number of piperazine rings is 2. The van der Waals surface area contributed by atoms with Crippen LogP contribution in [-0.2, 0) is 33.4 Å². The molecule has 0 atom stereocenters. The minimum absolute atomic E-state index is 0. The number of hydrogen-bond acceptors (Lipinski definition) is 20. The van der Waals surface area contributed by atoms with Gasteiger partial charge in [-0.15, -0.1) is 12.4 Å². The molecule has 2 aromatic rings. The molecule has 0 aliphatic carbocycles. The van der Waals surface area contributed by atoms with E-state index < -0.39 is 39.0 Å². The zero-order valence-electron chi connectivity index (χ0n) is 39.7.